The van der Waals surface area contributed by atoms with E-state index >= 15 is 0 Å². The maximum absolute atomic E-state index is 12.8. The second-order valence-corrected chi connectivity index (χ2v) is 9.73. The minimum atomic E-state index is -0.495. The lowest BCUT2D eigenvalue weighted by Gasteiger charge is -2.41. The number of ketones is 1. The van der Waals surface area contributed by atoms with Crippen molar-refractivity contribution in [1.29, 1.82) is 0 Å². The Morgan fingerprint density at radius 1 is 1.16 bits per heavy atom. The SMILES string of the molecule is N[C@H](CCCCN1CCCCC1)C(=O)N1CC[C@H]1C(=O)CCc1ccc2[nH]cc(Cl)c2c1. The zero-order valence-corrected chi connectivity index (χ0v) is 19.6. The predicted octanol–water partition coefficient (Wildman–Crippen LogP) is 3.91. The number of piperidine rings is 1. The fourth-order valence-corrected chi connectivity index (χ4v) is 5.14. The van der Waals surface area contributed by atoms with Crippen LogP contribution in [0.1, 0.15) is 56.9 Å². The molecule has 0 bridgehead atoms. The Labute approximate surface area is 195 Å². The molecular formula is C25H35ClN4O2. The number of nitrogens with one attached hydrogen (secondary N) is 1. The highest BCUT2D eigenvalue weighted by atomic mass is 35.5. The minimum Gasteiger partial charge on any atom is -0.360 e. The van der Waals surface area contributed by atoms with E-state index in [0.717, 1.165) is 42.3 Å². The molecule has 4 rings (SSSR count). The molecule has 32 heavy (non-hydrogen) atoms. The van der Waals surface area contributed by atoms with Crippen molar-refractivity contribution in [3.05, 3.63) is 35.0 Å². The Bertz CT molecular complexity index is 937. The fourth-order valence-electron chi connectivity index (χ4n) is 4.93. The molecule has 0 saturated carbocycles. The molecule has 174 valence electrons. The lowest BCUT2D eigenvalue weighted by Crippen LogP contribution is -2.59. The second-order valence-electron chi connectivity index (χ2n) is 9.32. The van der Waals surface area contributed by atoms with Gasteiger partial charge < -0.3 is 20.5 Å². The van der Waals surface area contributed by atoms with E-state index in [1.54, 1.807) is 11.1 Å². The number of H-pyrrole nitrogens is 1. The molecule has 2 aliphatic heterocycles. The number of aromatic nitrogens is 1. The number of hydrogen-bond donors (Lipinski definition) is 2. The molecule has 2 aliphatic rings. The maximum Gasteiger partial charge on any atom is 0.240 e. The molecule has 3 N–H and O–H groups in total. The van der Waals surface area contributed by atoms with E-state index in [2.05, 4.69) is 9.88 Å². The van der Waals surface area contributed by atoms with Gasteiger partial charge in [-0.05, 0) is 75.9 Å². The molecule has 7 heteroatoms. The van der Waals surface area contributed by atoms with Gasteiger partial charge in [0.05, 0.1) is 17.1 Å². The number of aryl methyl sites for hydroxylation is 1. The lowest BCUT2D eigenvalue weighted by molar-refractivity contribution is -0.147. The molecule has 3 heterocycles. The molecule has 0 spiro atoms. The van der Waals surface area contributed by atoms with Crippen LogP contribution in [0.25, 0.3) is 10.9 Å². The van der Waals surface area contributed by atoms with E-state index in [0.29, 0.717) is 30.8 Å². The number of halogens is 1. The van der Waals surface area contributed by atoms with Crippen LogP contribution in [0.3, 0.4) is 0 Å². The highest BCUT2D eigenvalue weighted by Gasteiger charge is 2.38. The van der Waals surface area contributed by atoms with E-state index in [1.807, 2.05) is 18.2 Å². The average Bonchev–Trinajstić information content (AvgIpc) is 3.15. The molecule has 0 aliphatic carbocycles. The highest BCUT2D eigenvalue weighted by Crippen LogP contribution is 2.26. The number of likely N-dealkylation sites (tertiary alicyclic amines) is 2. The van der Waals surface area contributed by atoms with Crippen LogP contribution in [-0.4, -0.2) is 64.7 Å². The Balaban J connectivity index is 1.20. The summed E-state index contributed by atoms with van der Waals surface area (Å²) in [7, 11) is 0. The summed E-state index contributed by atoms with van der Waals surface area (Å²) >= 11 is 6.20. The number of nitrogens with zero attached hydrogens (tertiary/aromatic N) is 2. The Morgan fingerprint density at radius 3 is 2.72 bits per heavy atom. The van der Waals surface area contributed by atoms with E-state index in [9.17, 15) is 9.59 Å². The van der Waals surface area contributed by atoms with Gasteiger partial charge in [-0.3, -0.25) is 9.59 Å². The number of fused-ring (bicyclic) bond motifs is 1. The third-order valence-electron chi connectivity index (χ3n) is 7.04. The first-order valence-corrected chi connectivity index (χ1v) is 12.5. The van der Waals surface area contributed by atoms with Gasteiger partial charge in [0.2, 0.25) is 5.91 Å². The van der Waals surface area contributed by atoms with Gasteiger partial charge in [-0.15, -0.1) is 0 Å². The minimum absolute atomic E-state index is 0.0619. The van der Waals surface area contributed by atoms with Crippen LogP contribution in [0.5, 0.6) is 0 Å². The van der Waals surface area contributed by atoms with Gasteiger partial charge in [-0.2, -0.15) is 0 Å². The number of aromatic amines is 1. The zero-order valence-electron chi connectivity index (χ0n) is 18.8. The summed E-state index contributed by atoms with van der Waals surface area (Å²) in [5, 5.41) is 1.66. The van der Waals surface area contributed by atoms with Crippen LogP contribution >= 0.6 is 11.6 Å². The van der Waals surface area contributed by atoms with Gasteiger partial charge in [-0.25, -0.2) is 0 Å². The standard InChI is InChI=1S/C25H35ClN4O2/c26-20-17-28-22-9-7-18(16-19(20)22)8-10-24(31)23-11-15-30(23)25(32)21(27)6-2-5-14-29-12-3-1-4-13-29/h7,9,16-17,21,23,28H,1-6,8,10-15,27H2/t21-,23+/m1/s1. The van der Waals surface area contributed by atoms with Crippen LogP contribution in [-0.2, 0) is 16.0 Å². The predicted molar refractivity (Wildman–Crippen MR) is 129 cm³/mol. The van der Waals surface area contributed by atoms with Gasteiger partial charge >= 0.3 is 0 Å². The molecule has 2 saturated heterocycles. The second kappa shape index (κ2) is 10.8. The van der Waals surface area contributed by atoms with Crippen molar-refractivity contribution in [3.63, 3.8) is 0 Å². The maximum atomic E-state index is 12.8. The molecule has 6 nitrogen and oxygen atoms in total. The van der Waals surface area contributed by atoms with Crippen LogP contribution in [0.2, 0.25) is 5.02 Å². The number of carbonyl (C=O) groups is 2. The molecule has 0 radical (unpaired) electrons. The molecule has 1 aromatic heterocycles. The van der Waals surface area contributed by atoms with Crippen molar-refractivity contribution in [3.8, 4) is 0 Å². The number of nitrogens with two attached hydrogens (primary N) is 1. The summed E-state index contributed by atoms with van der Waals surface area (Å²) in [6.45, 7) is 4.15. The molecule has 1 aromatic carbocycles. The van der Waals surface area contributed by atoms with Gasteiger partial charge in [0.15, 0.2) is 5.78 Å². The third-order valence-corrected chi connectivity index (χ3v) is 7.35. The topological polar surface area (TPSA) is 82.4 Å². The molecule has 2 atom stereocenters. The normalized spacial score (nSPS) is 20.3. The van der Waals surface area contributed by atoms with Crippen molar-refractivity contribution < 1.29 is 9.59 Å². The fraction of sp³-hybridized carbons (Fsp3) is 0.600. The van der Waals surface area contributed by atoms with Crippen LogP contribution in [0.15, 0.2) is 24.4 Å². The van der Waals surface area contributed by atoms with E-state index in [1.165, 1.54) is 32.4 Å². The van der Waals surface area contributed by atoms with Crippen LogP contribution < -0.4 is 5.73 Å². The molecule has 0 unspecified atom stereocenters. The third kappa shape index (κ3) is 5.53. The van der Waals surface area contributed by atoms with Gasteiger partial charge in [0.1, 0.15) is 0 Å². The van der Waals surface area contributed by atoms with Crippen molar-refractivity contribution in [1.82, 2.24) is 14.8 Å². The number of hydrogen-bond acceptors (Lipinski definition) is 4. The van der Waals surface area contributed by atoms with Crippen molar-refractivity contribution in [2.24, 2.45) is 5.73 Å². The number of benzene rings is 1. The van der Waals surface area contributed by atoms with Crippen LogP contribution in [0.4, 0.5) is 0 Å². The first-order valence-electron chi connectivity index (χ1n) is 12.1. The zero-order chi connectivity index (χ0) is 22.5. The summed E-state index contributed by atoms with van der Waals surface area (Å²) in [6.07, 6.45) is 10.3. The number of unbranched alkanes of at least 4 members (excludes halogenated alkanes) is 1. The van der Waals surface area contributed by atoms with Gasteiger partial charge in [0.25, 0.3) is 0 Å². The number of carbonyl (C=O) groups excluding carboxylic acids is 2. The number of amides is 1. The summed E-state index contributed by atoms with van der Waals surface area (Å²) in [5.41, 5.74) is 8.27. The van der Waals surface area contributed by atoms with Crippen molar-refractivity contribution in [2.45, 2.75) is 69.9 Å². The van der Waals surface area contributed by atoms with Crippen LogP contribution in [0, 0.1) is 0 Å². The van der Waals surface area contributed by atoms with Crippen molar-refractivity contribution >= 4 is 34.2 Å². The smallest absolute Gasteiger partial charge is 0.240 e. The Morgan fingerprint density at radius 2 is 1.97 bits per heavy atom. The molecule has 2 fully saturated rings. The summed E-state index contributed by atoms with van der Waals surface area (Å²) in [5.74, 6) is 0.0651. The molecule has 2 aromatic rings. The van der Waals surface area contributed by atoms with Gasteiger partial charge in [-0.1, -0.05) is 30.5 Å². The van der Waals surface area contributed by atoms with Gasteiger partial charge in [0, 0.05) is 30.1 Å². The summed E-state index contributed by atoms with van der Waals surface area (Å²) < 4.78 is 0. The monoisotopic (exact) mass is 458 g/mol. The molecule has 1 amide bonds. The van der Waals surface area contributed by atoms with Crippen molar-refractivity contribution in [2.75, 3.05) is 26.2 Å². The number of rotatable bonds is 10. The average molecular weight is 459 g/mol. The number of Topliss-reactive ketones (excluding diaryl/α,β-unsaturated/α-hetero) is 1. The summed E-state index contributed by atoms with van der Waals surface area (Å²) in [4.78, 5) is 32.9. The van der Waals surface area contributed by atoms with E-state index < -0.39 is 6.04 Å². The Hall–Kier alpha value is -1.89. The van der Waals surface area contributed by atoms with E-state index in [-0.39, 0.29) is 17.7 Å². The first kappa shape index (κ1) is 23.3. The Kier molecular flexibility index (Phi) is 7.87. The highest BCUT2D eigenvalue weighted by molar-refractivity contribution is 6.35. The quantitative estimate of drug-likeness (QED) is 0.529. The lowest BCUT2D eigenvalue weighted by atomic mass is 9.92. The summed E-state index contributed by atoms with van der Waals surface area (Å²) in [6, 6.07) is 5.24. The largest absolute Gasteiger partial charge is 0.360 e. The van der Waals surface area contributed by atoms with E-state index in [4.69, 9.17) is 17.3 Å². The molecular weight excluding hydrogens is 424 g/mol. The first-order chi connectivity index (χ1) is 15.5.